The van der Waals surface area contributed by atoms with Crippen LogP contribution in [0.2, 0.25) is 0 Å². The predicted octanol–water partition coefficient (Wildman–Crippen LogP) is 2.24. The van der Waals surface area contributed by atoms with Crippen molar-refractivity contribution in [2.75, 3.05) is 58.8 Å². The number of piperazine rings is 1. The van der Waals surface area contributed by atoms with Gasteiger partial charge in [0.2, 0.25) is 10.0 Å². The van der Waals surface area contributed by atoms with E-state index in [0.717, 1.165) is 43.5 Å². The van der Waals surface area contributed by atoms with E-state index >= 15 is 0 Å². The molecule has 10 heteroatoms. The Kier molecular flexibility index (Phi) is 7.50. The SMILES string of the molecule is Cc1ccc([N+](=O)[O-])cc1S(=O)(=O)NCC(c1ccc(N(C)C)cc1)N1CCN(C)CC1. The summed E-state index contributed by atoms with van der Waals surface area (Å²) in [6.07, 6.45) is 0. The maximum atomic E-state index is 13.1. The van der Waals surface area contributed by atoms with Crippen LogP contribution in [-0.4, -0.2) is 77.0 Å². The second kappa shape index (κ2) is 9.95. The van der Waals surface area contributed by atoms with Crippen LogP contribution < -0.4 is 9.62 Å². The van der Waals surface area contributed by atoms with Gasteiger partial charge in [-0.1, -0.05) is 18.2 Å². The molecule has 0 aromatic heterocycles. The highest BCUT2D eigenvalue weighted by Crippen LogP contribution is 2.26. The van der Waals surface area contributed by atoms with Crippen LogP contribution in [0, 0.1) is 17.0 Å². The molecule has 9 nitrogen and oxygen atoms in total. The minimum absolute atomic E-state index is 0.0632. The van der Waals surface area contributed by atoms with Gasteiger partial charge < -0.3 is 9.80 Å². The van der Waals surface area contributed by atoms with Crippen LogP contribution in [0.5, 0.6) is 0 Å². The van der Waals surface area contributed by atoms with Gasteiger partial charge in [0, 0.05) is 70.7 Å². The molecule has 1 aliphatic heterocycles. The van der Waals surface area contributed by atoms with E-state index in [9.17, 15) is 18.5 Å². The van der Waals surface area contributed by atoms with E-state index in [0.29, 0.717) is 5.56 Å². The normalized spacial score (nSPS) is 16.6. The van der Waals surface area contributed by atoms with Gasteiger partial charge in [-0.3, -0.25) is 15.0 Å². The molecule has 0 aliphatic carbocycles. The number of sulfonamides is 1. The van der Waals surface area contributed by atoms with E-state index in [1.165, 1.54) is 12.1 Å². The van der Waals surface area contributed by atoms with Gasteiger partial charge in [0.25, 0.3) is 5.69 Å². The molecule has 2 aromatic carbocycles. The van der Waals surface area contributed by atoms with Crippen LogP contribution in [0.15, 0.2) is 47.4 Å². The van der Waals surface area contributed by atoms with Crippen molar-refractivity contribution < 1.29 is 13.3 Å². The summed E-state index contributed by atoms with van der Waals surface area (Å²) in [5, 5.41) is 11.1. The van der Waals surface area contributed by atoms with E-state index in [2.05, 4.69) is 21.6 Å². The van der Waals surface area contributed by atoms with Crippen molar-refractivity contribution in [3.05, 3.63) is 63.7 Å². The number of nitrogens with zero attached hydrogens (tertiary/aromatic N) is 4. The van der Waals surface area contributed by atoms with Crippen molar-refractivity contribution in [1.29, 1.82) is 0 Å². The molecule has 1 fully saturated rings. The number of anilines is 1. The Balaban J connectivity index is 1.86. The molecular formula is C22H31N5O4S. The zero-order chi connectivity index (χ0) is 23.5. The Morgan fingerprint density at radius 3 is 2.28 bits per heavy atom. The first-order valence-corrected chi connectivity index (χ1v) is 12.0. The van der Waals surface area contributed by atoms with Gasteiger partial charge in [-0.25, -0.2) is 13.1 Å². The third-order valence-electron chi connectivity index (χ3n) is 5.91. The third kappa shape index (κ3) is 5.63. The molecule has 1 aliphatic rings. The van der Waals surface area contributed by atoms with Crippen LogP contribution in [0.25, 0.3) is 0 Å². The maximum absolute atomic E-state index is 13.1. The average Bonchev–Trinajstić information content (AvgIpc) is 2.75. The van der Waals surface area contributed by atoms with Crippen LogP contribution in [0.3, 0.4) is 0 Å². The van der Waals surface area contributed by atoms with Crippen LogP contribution in [-0.2, 0) is 10.0 Å². The summed E-state index contributed by atoms with van der Waals surface area (Å²) in [6, 6.07) is 11.9. The van der Waals surface area contributed by atoms with Gasteiger partial charge >= 0.3 is 0 Å². The summed E-state index contributed by atoms with van der Waals surface area (Å²) >= 11 is 0. The Morgan fingerprint density at radius 2 is 1.72 bits per heavy atom. The van der Waals surface area contributed by atoms with Gasteiger partial charge in [0.05, 0.1) is 9.82 Å². The smallest absolute Gasteiger partial charge is 0.270 e. The van der Waals surface area contributed by atoms with E-state index in [-0.39, 0.29) is 23.2 Å². The maximum Gasteiger partial charge on any atom is 0.270 e. The average molecular weight is 462 g/mol. The highest BCUT2D eigenvalue weighted by molar-refractivity contribution is 7.89. The minimum Gasteiger partial charge on any atom is -0.378 e. The summed E-state index contributed by atoms with van der Waals surface area (Å²) in [4.78, 5) is 17.0. The van der Waals surface area contributed by atoms with Gasteiger partial charge in [-0.2, -0.15) is 0 Å². The number of nitro benzene ring substituents is 1. The molecule has 2 aromatic rings. The first-order valence-electron chi connectivity index (χ1n) is 10.5. The summed E-state index contributed by atoms with van der Waals surface area (Å²) in [5.41, 5.74) is 2.32. The Hall–Kier alpha value is -2.53. The van der Waals surface area contributed by atoms with Gasteiger partial charge in [-0.15, -0.1) is 0 Å². The molecule has 1 atom stereocenters. The largest absolute Gasteiger partial charge is 0.378 e. The fraction of sp³-hybridized carbons (Fsp3) is 0.455. The molecule has 1 N–H and O–H groups in total. The van der Waals surface area contributed by atoms with Crippen molar-refractivity contribution in [1.82, 2.24) is 14.5 Å². The summed E-state index contributed by atoms with van der Waals surface area (Å²) in [5.74, 6) is 0. The number of non-ortho nitro benzene ring substituents is 1. The first kappa shape index (κ1) is 24.1. The first-order chi connectivity index (χ1) is 15.1. The molecule has 1 heterocycles. The van der Waals surface area contributed by atoms with Crippen LogP contribution in [0.4, 0.5) is 11.4 Å². The van der Waals surface area contributed by atoms with Crippen molar-refractivity contribution in [3.63, 3.8) is 0 Å². The number of hydrogen-bond donors (Lipinski definition) is 1. The predicted molar refractivity (Wildman–Crippen MR) is 126 cm³/mol. The number of nitro groups is 1. The van der Waals surface area contributed by atoms with Crippen LogP contribution in [0.1, 0.15) is 17.2 Å². The standard InChI is InChI=1S/C22H31N5O4S/c1-17-5-8-20(27(28)29)15-22(17)32(30,31)23-16-21(26-13-11-25(4)12-14-26)18-6-9-19(10-7-18)24(2)3/h5-10,15,21,23H,11-14,16H2,1-4H3. The molecule has 0 amide bonds. The topological polar surface area (TPSA) is 99.0 Å². The van der Waals surface area contributed by atoms with E-state index in [1.54, 1.807) is 6.92 Å². The van der Waals surface area contributed by atoms with Gasteiger partial charge in [0.1, 0.15) is 0 Å². The molecule has 174 valence electrons. The van der Waals surface area contributed by atoms with E-state index in [1.807, 2.05) is 43.3 Å². The van der Waals surface area contributed by atoms with Gasteiger partial charge in [0.15, 0.2) is 0 Å². The van der Waals surface area contributed by atoms with Gasteiger partial charge in [-0.05, 0) is 37.2 Å². The lowest BCUT2D eigenvalue weighted by Gasteiger charge is -2.38. The Morgan fingerprint density at radius 1 is 1.09 bits per heavy atom. The monoisotopic (exact) mass is 461 g/mol. The number of benzene rings is 2. The van der Waals surface area contributed by atoms with Crippen molar-refractivity contribution >= 4 is 21.4 Å². The Labute approximate surface area is 189 Å². The van der Waals surface area contributed by atoms with Crippen molar-refractivity contribution in [3.8, 4) is 0 Å². The Bertz CT molecular complexity index is 1050. The highest BCUT2D eigenvalue weighted by atomic mass is 32.2. The molecule has 0 radical (unpaired) electrons. The van der Waals surface area contributed by atoms with Crippen LogP contribution >= 0.6 is 0 Å². The van der Waals surface area contributed by atoms with E-state index < -0.39 is 14.9 Å². The molecule has 0 bridgehead atoms. The minimum atomic E-state index is -3.92. The van der Waals surface area contributed by atoms with E-state index in [4.69, 9.17) is 0 Å². The molecule has 0 saturated carbocycles. The number of likely N-dealkylation sites (N-methyl/N-ethyl adjacent to an activating group) is 1. The number of nitrogens with one attached hydrogen (secondary N) is 1. The summed E-state index contributed by atoms with van der Waals surface area (Å²) in [6.45, 7) is 5.28. The molecule has 1 saturated heterocycles. The third-order valence-corrected chi connectivity index (χ3v) is 7.48. The van der Waals surface area contributed by atoms with Crippen molar-refractivity contribution in [2.45, 2.75) is 17.9 Å². The summed E-state index contributed by atoms with van der Waals surface area (Å²) in [7, 11) is 2.10. The quantitative estimate of drug-likeness (QED) is 0.475. The lowest BCUT2D eigenvalue weighted by Crippen LogP contribution is -2.48. The van der Waals surface area contributed by atoms with Crippen molar-refractivity contribution in [2.24, 2.45) is 0 Å². The lowest BCUT2D eigenvalue weighted by molar-refractivity contribution is -0.385. The molecule has 0 spiro atoms. The number of rotatable bonds is 8. The second-order valence-electron chi connectivity index (χ2n) is 8.40. The number of hydrogen-bond acceptors (Lipinski definition) is 7. The zero-order valence-corrected chi connectivity index (χ0v) is 19.8. The zero-order valence-electron chi connectivity index (χ0n) is 19.0. The summed E-state index contributed by atoms with van der Waals surface area (Å²) < 4.78 is 28.9. The fourth-order valence-electron chi connectivity index (χ4n) is 3.84. The molecule has 3 rings (SSSR count). The highest BCUT2D eigenvalue weighted by Gasteiger charge is 2.27. The molecular weight excluding hydrogens is 430 g/mol. The lowest BCUT2D eigenvalue weighted by atomic mass is 10.0. The molecule has 32 heavy (non-hydrogen) atoms. The second-order valence-corrected chi connectivity index (χ2v) is 10.1. The molecule has 1 unspecified atom stereocenters. The fourth-order valence-corrected chi connectivity index (χ4v) is 5.14. The number of aryl methyl sites for hydroxylation is 1.